The average molecular weight is 263 g/mol. The van der Waals surface area contributed by atoms with Crippen LogP contribution in [0.3, 0.4) is 0 Å². The van der Waals surface area contributed by atoms with Crippen molar-refractivity contribution in [3.05, 3.63) is 24.4 Å². The number of benzene rings is 1. The van der Waals surface area contributed by atoms with Gasteiger partial charge in [-0.3, -0.25) is 4.68 Å². The van der Waals surface area contributed by atoms with Gasteiger partial charge in [0.2, 0.25) is 0 Å². The fourth-order valence-electron chi connectivity index (χ4n) is 1.92. The summed E-state index contributed by atoms with van der Waals surface area (Å²) in [4.78, 5) is 0. The Morgan fingerprint density at radius 3 is 2.37 bits per heavy atom. The summed E-state index contributed by atoms with van der Waals surface area (Å²) in [5.41, 5.74) is 8.06. The van der Waals surface area contributed by atoms with E-state index in [2.05, 4.69) is 5.10 Å². The third kappa shape index (κ3) is 2.63. The second-order valence-electron chi connectivity index (χ2n) is 4.00. The highest BCUT2D eigenvalue weighted by Crippen LogP contribution is 2.32. The van der Waals surface area contributed by atoms with Crippen molar-refractivity contribution in [2.75, 3.05) is 26.6 Å². The molecule has 0 spiro atoms. The molecule has 1 aromatic heterocycles. The maximum absolute atomic E-state index is 9.05. The van der Waals surface area contributed by atoms with Gasteiger partial charge in [0.1, 0.15) is 11.5 Å². The maximum Gasteiger partial charge on any atom is 0.123 e. The molecule has 0 radical (unpaired) electrons. The molecule has 0 saturated carbocycles. The van der Waals surface area contributed by atoms with Crippen molar-refractivity contribution in [3.8, 4) is 22.8 Å². The predicted octanol–water partition coefficient (Wildman–Crippen LogP) is 1.14. The summed E-state index contributed by atoms with van der Waals surface area (Å²) in [5, 5.41) is 13.2. The number of aromatic nitrogens is 2. The van der Waals surface area contributed by atoms with Gasteiger partial charge >= 0.3 is 0 Å². The van der Waals surface area contributed by atoms with Crippen LogP contribution in [0.15, 0.2) is 24.4 Å². The molecule has 0 bridgehead atoms. The van der Waals surface area contributed by atoms with Crippen LogP contribution in [0, 0.1) is 0 Å². The topological polar surface area (TPSA) is 82.5 Å². The number of nitrogens with zero attached hydrogens (tertiary/aromatic N) is 2. The van der Waals surface area contributed by atoms with Gasteiger partial charge in [-0.2, -0.15) is 5.10 Å². The van der Waals surface area contributed by atoms with Crippen LogP contribution in [0.1, 0.15) is 0 Å². The number of nitrogens with two attached hydrogens (primary N) is 1. The van der Waals surface area contributed by atoms with E-state index in [0.717, 1.165) is 11.3 Å². The quantitative estimate of drug-likeness (QED) is 0.845. The number of methoxy groups -OCH3 is 2. The lowest BCUT2D eigenvalue weighted by Gasteiger charge is -2.11. The van der Waals surface area contributed by atoms with Crippen LogP contribution in [0.5, 0.6) is 11.5 Å². The molecule has 0 saturated heterocycles. The summed E-state index contributed by atoms with van der Waals surface area (Å²) in [5.74, 6) is 1.34. The van der Waals surface area contributed by atoms with Crippen LogP contribution in [0.25, 0.3) is 11.3 Å². The Labute approximate surface area is 111 Å². The first-order valence-electron chi connectivity index (χ1n) is 5.85. The van der Waals surface area contributed by atoms with E-state index in [9.17, 15) is 0 Å². The Bertz CT molecular complexity index is 544. The molecule has 3 N–H and O–H groups in total. The Balaban J connectivity index is 2.54. The smallest absolute Gasteiger partial charge is 0.123 e. The van der Waals surface area contributed by atoms with Gasteiger partial charge in [0.25, 0.3) is 0 Å². The highest BCUT2D eigenvalue weighted by atomic mass is 16.5. The molecule has 0 aliphatic rings. The van der Waals surface area contributed by atoms with Crippen LogP contribution in [0.2, 0.25) is 0 Å². The van der Waals surface area contributed by atoms with Crippen LogP contribution in [-0.4, -0.2) is 35.7 Å². The van der Waals surface area contributed by atoms with E-state index >= 15 is 0 Å². The molecule has 1 aromatic carbocycles. The highest BCUT2D eigenvalue weighted by molar-refractivity contribution is 5.74. The minimum atomic E-state index is -0.00474. The van der Waals surface area contributed by atoms with Crippen LogP contribution in [-0.2, 0) is 6.54 Å². The average Bonchev–Trinajstić information content (AvgIpc) is 2.79. The SMILES string of the molecule is COc1cc(OC)cc(-c2c(N)cnn2CCO)c1. The number of hydrogen-bond donors (Lipinski definition) is 2. The second kappa shape index (κ2) is 5.62. The Hall–Kier alpha value is -2.21. The van der Waals surface area contributed by atoms with E-state index in [0.29, 0.717) is 23.7 Å². The fourth-order valence-corrected chi connectivity index (χ4v) is 1.92. The monoisotopic (exact) mass is 263 g/mol. The molecular formula is C13H17N3O3. The van der Waals surface area contributed by atoms with Gasteiger partial charge in [0, 0.05) is 11.6 Å². The lowest BCUT2D eigenvalue weighted by atomic mass is 10.1. The number of hydrogen-bond acceptors (Lipinski definition) is 5. The summed E-state index contributed by atoms with van der Waals surface area (Å²) in [7, 11) is 3.18. The fraction of sp³-hybridized carbons (Fsp3) is 0.308. The normalized spacial score (nSPS) is 10.5. The van der Waals surface area contributed by atoms with Crippen LogP contribution < -0.4 is 15.2 Å². The standard InChI is InChI=1S/C13H17N3O3/c1-18-10-5-9(6-11(7-10)19-2)13-12(14)8-15-16(13)3-4-17/h5-8,17H,3-4,14H2,1-2H3. The zero-order valence-corrected chi connectivity index (χ0v) is 11.0. The van der Waals surface area contributed by atoms with E-state index in [1.807, 2.05) is 12.1 Å². The van der Waals surface area contributed by atoms with Crippen molar-refractivity contribution < 1.29 is 14.6 Å². The first-order chi connectivity index (χ1) is 9.19. The lowest BCUT2D eigenvalue weighted by Crippen LogP contribution is -2.06. The molecule has 6 nitrogen and oxygen atoms in total. The molecule has 0 amide bonds. The summed E-state index contributed by atoms with van der Waals surface area (Å²) in [6.07, 6.45) is 1.57. The van der Waals surface area contributed by atoms with E-state index in [1.54, 1.807) is 31.2 Å². The molecule has 102 valence electrons. The third-order valence-electron chi connectivity index (χ3n) is 2.80. The van der Waals surface area contributed by atoms with Crippen molar-refractivity contribution in [1.29, 1.82) is 0 Å². The summed E-state index contributed by atoms with van der Waals surface area (Å²) in [6, 6.07) is 5.49. The molecule has 0 aliphatic heterocycles. The van der Waals surface area contributed by atoms with Gasteiger partial charge in [-0.05, 0) is 12.1 Å². The van der Waals surface area contributed by atoms with Gasteiger partial charge in [-0.15, -0.1) is 0 Å². The van der Waals surface area contributed by atoms with Gasteiger partial charge in [-0.25, -0.2) is 0 Å². The molecule has 2 rings (SSSR count). The minimum absolute atomic E-state index is 0.00474. The number of rotatable bonds is 5. The predicted molar refractivity (Wildman–Crippen MR) is 72.3 cm³/mol. The number of aliphatic hydroxyl groups excluding tert-OH is 1. The van der Waals surface area contributed by atoms with Gasteiger partial charge in [0.05, 0.1) is 44.9 Å². The van der Waals surface area contributed by atoms with Crippen molar-refractivity contribution >= 4 is 5.69 Å². The van der Waals surface area contributed by atoms with E-state index in [-0.39, 0.29) is 6.61 Å². The minimum Gasteiger partial charge on any atom is -0.497 e. The summed E-state index contributed by atoms with van der Waals surface area (Å²) >= 11 is 0. The Morgan fingerprint density at radius 1 is 1.21 bits per heavy atom. The van der Waals surface area contributed by atoms with E-state index < -0.39 is 0 Å². The first-order valence-corrected chi connectivity index (χ1v) is 5.85. The van der Waals surface area contributed by atoms with Gasteiger partial charge in [-0.1, -0.05) is 0 Å². The molecule has 0 aliphatic carbocycles. The highest BCUT2D eigenvalue weighted by Gasteiger charge is 2.13. The molecule has 19 heavy (non-hydrogen) atoms. The maximum atomic E-state index is 9.05. The number of anilines is 1. The van der Waals surface area contributed by atoms with Gasteiger partial charge in [0.15, 0.2) is 0 Å². The molecule has 0 atom stereocenters. The van der Waals surface area contributed by atoms with Crippen LogP contribution >= 0.6 is 0 Å². The molecule has 6 heteroatoms. The Morgan fingerprint density at radius 2 is 1.84 bits per heavy atom. The second-order valence-corrected chi connectivity index (χ2v) is 4.00. The van der Waals surface area contributed by atoms with Crippen molar-refractivity contribution in [2.24, 2.45) is 0 Å². The zero-order chi connectivity index (χ0) is 13.8. The number of ether oxygens (including phenoxy) is 2. The molecule has 1 heterocycles. The van der Waals surface area contributed by atoms with E-state index in [4.69, 9.17) is 20.3 Å². The summed E-state index contributed by atoms with van der Waals surface area (Å²) < 4.78 is 12.1. The largest absolute Gasteiger partial charge is 0.497 e. The molecular weight excluding hydrogens is 246 g/mol. The summed E-state index contributed by atoms with van der Waals surface area (Å²) in [6.45, 7) is 0.376. The zero-order valence-electron chi connectivity index (χ0n) is 11.0. The molecule has 0 fully saturated rings. The first kappa shape index (κ1) is 13.2. The third-order valence-corrected chi connectivity index (χ3v) is 2.80. The van der Waals surface area contributed by atoms with Crippen molar-refractivity contribution in [2.45, 2.75) is 6.54 Å². The number of aliphatic hydroxyl groups is 1. The van der Waals surface area contributed by atoms with Crippen LogP contribution in [0.4, 0.5) is 5.69 Å². The van der Waals surface area contributed by atoms with Gasteiger partial charge < -0.3 is 20.3 Å². The van der Waals surface area contributed by atoms with Crippen molar-refractivity contribution in [3.63, 3.8) is 0 Å². The Kier molecular flexibility index (Phi) is 3.91. The lowest BCUT2D eigenvalue weighted by molar-refractivity contribution is 0.270. The molecule has 2 aromatic rings. The number of nitrogen functional groups attached to an aromatic ring is 1. The molecule has 0 unspecified atom stereocenters. The van der Waals surface area contributed by atoms with E-state index in [1.165, 1.54) is 0 Å². The van der Waals surface area contributed by atoms with Crippen molar-refractivity contribution in [1.82, 2.24) is 9.78 Å².